The zero-order chi connectivity index (χ0) is 54.3. The van der Waals surface area contributed by atoms with Gasteiger partial charge in [-0.25, -0.2) is 0 Å². The summed E-state index contributed by atoms with van der Waals surface area (Å²) in [5, 5.41) is 0. The predicted octanol–water partition coefficient (Wildman–Crippen LogP) is 21.4. The van der Waals surface area contributed by atoms with E-state index in [0.29, 0.717) is 19.3 Å². The fraction of sp³-hybridized carbons (Fsp3) is 0.696. The first-order valence-corrected chi connectivity index (χ1v) is 31.4. The molecular weight excluding hydrogens is 925 g/mol. The number of esters is 3. The van der Waals surface area contributed by atoms with Crippen LogP contribution < -0.4 is 0 Å². The molecule has 0 fully saturated rings. The average molecular weight is 1040 g/mol. The lowest BCUT2D eigenvalue weighted by molar-refractivity contribution is -0.167. The highest BCUT2D eigenvalue weighted by atomic mass is 16.6. The van der Waals surface area contributed by atoms with Gasteiger partial charge < -0.3 is 14.2 Å². The molecule has 0 N–H and O–H groups in total. The van der Waals surface area contributed by atoms with Crippen LogP contribution in [-0.2, 0) is 28.6 Å². The van der Waals surface area contributed by atoms with Crippen molar-refractivity contribution in [1.82, 2.24) is 0 Å². The summed E-state index contributed by atoms with van der Waals surface area (Å²) < 4.78 is 16.8. The topological polar surface area (TPSA) is 78.9 Å². The molecule has 0 aliphatic rings. The highest BCUT2D eigenvalue weighted by molar-refractivity contribution is 5.71. The van der Waals surface area contributed by atoms with Gasteiger partial charge in [-0.2, -0.15) is 0 Å². The van der Waals surface area contributed by atoms with Crippen LogP contribution in [0.15, 0.2) is 109 Å². The van der Waals surface area contributed by atoms with E-state index in [1.807, 2.05) is 0 Å². The Balaban J connectivity index is 4.07. The third kappa shape index (κ3) is 60.8. The second-order valence-corrected chi connectivity index (χ2v) is 20.6. The zero-order valence-corrected chi connectivity index (χ0v) is 49.0. The summed E-state index contributed by atoms with van der Waals surface area (Å²) in [5.74, 6) is -0.892. The minimum atomic E-state index is -0.780. The van der Waals surface area contributed by atoms with Crippen LogP contribution in [0.3, 0.4) is 0 Å². The van der Waals surface area contributed by atoms with E-state index in [1.165, 1.54) is 128 Å². The standard InChI is InChI=1S/C69H116O6/c1-4-7-10-13-16-18-20-22-24-26-27-28-29-30-31-32-33-34-35-36-37-38-39-40-41-43-44-46-48-50-53-56-59-62-68(71)74-65-66(64-73-67(70)61-58-55-52-15-12-9-6-3)75-69(72)63-60-57-54-51-49-47-45-42-25-23-21-19-17-14-11-8-5-2/h7-8,10-11,16-19,22-25,27-28,30-31,33-34,66H,4-6,9,12-15,20-21,26,29,32,35-65H2,1-3H3/b10-7-,11-8-,18-16-,19-17-,24-22-,25-23-,28-27-,31-30-,34-33-. The Hall–Kier alpha value is -3.93. The van der Waals surface area contributed by atoms with Crippen LogP contribution in [0.1, 0.15) is 290 Å². The van der Waals surface area contributed by atoms with Crippen molar-refractivity contribution in [3.05, 3.63) is 109 Å². The van der Waals surface area contributed by atoms with E-state index >= 15 is 0 Å². The molecule has 0 heterocycles. The van der Waals surface area contributed by atoms with Crippen LogP contribution in [0, 0.1) is 0 Å². The van der Waals surface area contributed by atoms with Crippen molar-refractivity contribution in [1.29, 1.82) is 0 Å². The summed E-state index contributed by atoms with van der Waals surface area (Å²) in [7, 11) is 0. The lowest BCUT2D eigenvalue weighted by Crippen LogP contribution is -2.30. The summed E-state index contributed by atoms with van der Waals surface area (Å²) in [4.78, 5) is 38.0. The molecule has 428 valence electrons. The molecule has 1 unspecified atom stereocenters. The summed E-state index contributed by atoms with van der Waals surface area (Å²) in [6.07, 6.45) is 85.5. The molecule has 0 aromatic heterocycles. The molecule has 6 heteroatoms. The van der Waals surface area contributed by atoms with Gasteiger partial charge in [-0.1, -0.05) is 278 Å². The lowest BCUT2D eigenvalue weighted by atomic mass is 10.0. The number of ether oxygens (including phenoxy) is 3. The molecule has 0 rings (SSSR count). The molecule has 1 atom stereocenters. The van der Waals surface area contributed by atoms with Crippen LogP contribution in [0.5, 0.6) is 0 Å². The fourth-order valence-corrected chi connectivity index (χ4v) is 8.64. The Kier molecular flexibility index (Phi) is 59.3. The predicted molar refractivity (Wildman–Crippen MR) is 325 cm³/mol. The van der Waals surface area contributed by atoms with Crippen LogP contribution in [0.2, 0.25) is 0 Å². The molecule has 0 spiro atoms. The zero-order valence-electron chi connectivity index (χ0n) is 49.0. The Bertz CT molecular complexity index is 1520. The quantitative estimate of drug-likeness (QED) is 0.0261. The van der Waals surface area contributed by atoms with Gasteiger partial charge in [0.05, 0.1) is 0 Å². The SMILES string of the molecule is CC/C=C\C/C=C\C/C=C\C/C=C\C/C=C\C/C=C\CCCCCCCCCCCCCCCCC(=O)OCC(COC(=O)CCCCCCCCC)OC(=O)CCCCCCCCC/C=C\C/C=C\C/C=C\CC. The van der Waals surface area contributed by atoms with Crippen molar-refractivity contribution in [2.45, 2.75) is 297 Å². The summed E-state index contributed by atoms with van der Waals surface area (Å²) in [6.45, 7) is 6.38. The van der Waals surface area contributed by atoms with Crippen LogP contribution in [0.4, 0.5) is 0 Å². The maximum atomic E-state index is 12.8. The molecule has 0 amide bonds. The van der Waals surface area contributed by atoms with E-state index in [9.17, 15) is 14.4 Å². The van der Waals surface area contributed by atoms with Gasteiger partial charge in [0.2, 0.25) is 0 Å². The number of unbranched alkanes of at least 4 members (excludes halogenated alkanes) is 27. The van der Waals surface area contributed by atoms with Gasteiger partial charge >= 0.3 is 17.9 Å². The van der Waals surface area contributed by atoms with E-state index in [1.54, 1.807) is 0 Å². The van der Waals surface area contributed by atoms with Gasteiger partial charge in [-0.05, 0) is 103 Å². The van der Waals surface area contributed by atoms with Crippen molar-refractivity contribution in [2.24, 2.45) is 0 Å². The first-order valence-electron chi connectivity index (χ1n) is 31.4. The minimum Gasteiger partial charge on any atom is -0.462 e. The number of hydrogen-bond donors (Lipinski definition) is 0. The van der Waals surface area contributed by atoms with Crippen LogP contribution in [0.25, 0.3) is 0 Å². The highest BCUT2D eigenvalue weighted by Crippen LogP contribution is 2.16. The maximum absolute atomic E-state index is 12.8. The molecule has 0 aromatic rings. The maximum Gasteiger partial charge on any atom is 0.306 e. The van der Waals surface area contributed by atoms with Gasteiger partial charge in [0.25, 0.3) is 0 Å². The lowest BCUT2D eigenvalue weighted by Gasteiger charge is -2.18. The number of carbonyl (C=O) groups is 3. The van der Waals surface area contributed by atoms with E-state index < -0.39 is 6.10 Å². The molecule has 0 aliphatic carbocycles. The molecule has 0 radical (unpaired) electrons. The van der Waals surface area contributed by atoms with Gasteiger partial charge in [-0.15, -0.1) is 0 Å². The van der Waals surface area contributed by atoms with E-state index in [0.717, 1.165) is 122 Å². The van der Waals surface area contributed by atoms with Crippen molar-refractivity contribution < 1.29 is 28.6 Å². The second-order valence-electron chi connectivity index (χ2n) is 20.6. The summed E-state index contributed by atoms with van der Waals surface area (Å²) >= 11 is 0. The third-order valence-corrected chi connectivity index (χ3v) is 13.3. The summed E-state index contributed by atoms with van der Waals surface area (Å²) in [6, 6.07) is 0. The van der Waals surface area contributed by atoms with Gasteiger partial charge in [-0.3, -0.25) is 14.4 Å². The first kappa shape index (κ1) is 71.1. The molecule has 0 aromatic carbocycles. The monoisotopic (exact) mass is 1040 g/mol. The number of rotatable bonds is 56. The molecular formula is C69H116O6. The van der Waals surface area contributed by atoms with Crippen molar-refractivity contribution >= 4 is 17.9 Å². The van der Waals surface area contributed by atoms with Crippen molar-refractivity contribution in [3.63, 3.8) is 0 Å². The third-order valence-electron chi connectivity index (χ3n) is 13.3. The Labute approximate surface area is 463 Å². The van der Waals surface area contributed by atoms with E-state index in [4.69, 9.17) is 14.2 Å². The molecule has 0 bridgehead atoms. The largest absolute Gasteiger partial charge is 0.462 e. The number of hydrogen-bond acceptors (Lipinski definition) is 6. The normalized spacial score (nSPS) is 12.8. The van der Waals surface area contributed by atoms with Crippen LogP contribution >= 0.6 is 0 Å². The van der Waals surface area contributed by atoms with Crippen LogP contribution in [-0.4, -0.2) is 37.2 Å². The molecule has 0 aliphatic heterocycles. The van der Waals surface area contributed by atoms with Gasteiger partial charge in [0.15, 0.2) is 6.10 Å². The average Bonchev–Trinajstić information content (AvgIpc) is 3.41. The Morgan fingerprint density at radius 1 is 0.280 bits per heavy atom. The molecule has 6 nitrogen and oxygen atoms in total. The van der Waals surface area contributed by atoms with E-state index in [2.05, 4.69) is 130 Å². The smallest absolute Gasteiger partial charge is 0.306 e. The molecule has 0 saturated heterocycles. The van der Waals surface area contributed by atoms with Gasteiger partial charge in [0, 0.05) is 19.3 Å². The number of carbonyl (C=O) groups excluding carboxylic acids is 3. The van der Waals surface area contributed by atoms with Crippen molar-refractivity contribution in [3.8, 4) is 0 Å². The number of allylic oxidation sites excluding steroid dienone is 18. The molecule has 0 saturated carbocycles. The van der Waals surface area contributed by atoms with Crippen molar-refractivity contribution in [2.75, 3.05) is 13.2 Å². The second kappa shape index (κ2) is 62.6. The molecule has 75 heavy (non-hydrogen) atoms. The Morgan fingerprint density at radius 3 is 0.813 bits per heavy atom. The minimum absolute atomic E-state index is 0.0802. The first-order chi connectivity index (χ1) is 37.0. The highest BCUT2D eigenvalue weighted by Gasteiger charge is 2.19. The van der Waals surface area contributed by atoms with E-state index in [-0.39, 0.29) is 31.1 Å². The Morgan fingerprint density at radius 2 is 0.520 bits per heavy atom. The fourth-order valence-electron chi connectivity index (χ4n) is 8.64. The van der Waals surface area contributed by atoms with Gasteiger partial charge in [0.1, 0.15) is 13.2 Å². The summed E-state index contributed by atoms with van der Waals surface area (Å²) in [5.41, 5.74) is 0.